The van der Waals surface area contributed by atoms with Crippen LogP contribution in [0.25, 0.3) is 10.8 Å². The van der Waals surface area contributed by atoms with Crippen molar-refractivity contribution in [2.24, 2.45) is 5.92 Å². The summed E-state index contributed by atoms with van der Waals surface area (Å²) < 4.78 is 11.8. The van der Waals surface area contributed by atoms with Crippen molar-refractivity contribution < 1.29 is 19.4 Å². The third-order valence-electron chi connectivity index (χ3n) is 5.79. The second-order valence-corrected chi connectivity index (χ2v) is 7.32. The molecule has 2 aliphatic rings. The number of hydrogen-bond acceptors (Lipinski definition) is 4. The minimum absolute atomic E-state index is 0.0673. The molecule has 1 N–H and O–H groups in total. The van der Waals surface area contributed by atoms with Crippen molar-refractivity contribution in [2.75, 3.05) is 6.61 Å². The first-order valence-corrected chi connectivity index (χ1v) is 9.36. The van der Waals surface area contributed by atoms with Crippen molar-refractivity contribution in [1.82, 2.24) is 0 Å². The van der Waals surface area contributed by atoms with Crippen LogP contribution in [-0.2, 0) is 0 Å². The Morgan fingerprint density at radius 3 is 2.74 bits per heavy atom. The molecule has 3 aromatic rings. The first-order valence-electron chi connectivity index (χ1n) is 9.36. The Morgan fingerprint density at radius 2 is 1.89 bits per heavy atom. The van der Waals surface area contributed by atoms with E-state index in [1.54, 1.807) is 6.07 Å². The zero-order valence-corrected chi connectivity index (χ0v) is 14.8. The summed E-state index contributed by atoms with van der Waals surface area (Å²) in [5.41, 5.74) is 1.44. The summed E-state index contributed by atoms with van der Waals surface area (Å²) in [5.74, 6) is 1.17. The lowest BCUT2D eigenvalue weighted by atomic mass is 9.89. The molecule has 5 rings (SSSR count). The van der Waals surface area contributed by atoms with Crippen molar-refractivity contribution in [3.05, 3.63) is 71.8 Å². The minimum Gasteiger partial charge on any atom is -0.489 e. The molecule has 1 aliphatic carbocycles. The monoisotopic (exact) mass is 360 g/mol. The van der Waals surface area contributed by atoms with Gasteiger partial charge in [0.25, 0.3) is 0 Å². The molecule has 1 aliphatic heterocycles. The first kappa shape index (κ1) is 16.3. The Balaban J connectivity index is 1.48. The quantitative estimate of drug-likeness (QED) is 0.559. The van der Waals surface area contributed by atoms with E-state index in [9.17, 15) is 9.90 Å². The van der Waals surface area contributed by atoms with Gasteiger partial charge in [-0.3, -0.25) is 0 Å². The summed E-state index contributed by atoms with van der Waals surface area (Å²) >= 11 is 0. The number of ether oxygens (including phenoxy) is 2. The third kappa shape index (κ3) is 2.68. The maximum atomic E-state index is 12.8. The van der Waals surface area contributed by atoms with Crippen molar-refractivity contribution in [3.63, 3.8) is 0 Å². The summed E-state index contributed by atoms with van der Waals surface area (Å²) in [4.78, 5) is 12.8. The van der Waals surface area contributed by atoms with Gasteiger partial charge < -0.3 is 14.6 Å². The van der Waals surface area contributed by atoms with Gasteiger partial charge >= 0.3 is 5.97 Å². The number of fused-ring (bicyclic) bond motifs is 4. The van der Waals surface area contributed by atoms with E-state index >= 15 is 0 Å². The Bertz CT molecular complexity index is 1020. The summed E-state index contributed by atoms with van der Waals surface area (Å²) in [7, 11) is 0. The van der Waals surface area contributed by atoms with E-state index in [0.29, 0.717) is 11.3 Å². The van der Waals surface area contributed by atoms with Crippen LogP contribution in [0.3, 0.4) is 0 Å². The van der Waals surface area contributed by atoms with Gasteiger partial charge in [0.15, 0.2) is 0 Å². The predicted octanol–water partition coefficient (Wildman–Crippen LogP) is 4.31. The molecule has 0 amide bonds. The highest BCUT2D eigenvalue weighted by Gasteiger charge is 2.46. The molecule has 1 heterocycles. The molecular weight excluding hydrogens is 340 g/mol. The second-order valence-electron chi connectivity index (χ2n) is 7.32. The number of rotatable bonds is 3. The normalized spacial score (nSPS) is 22.9. The van der Waals surface area contributed by atoms with Crippen LogP contribution < -0.4 is 9.47 Å². The molecule has 0 bridgehead atoms. The Labute approximate surface area is 157 Å². The standard InChI is InChI=1S/C23H20O4/c24-13-17-10-11-20-21(17)22-18(26-20)6-3-7-19(22)27-23(25)16-9-8-14-4-1-2-5-15(14)12-16/h1-9,12,17,20-21,24H,10-11,13H2/t17?,20-,21+/m1/s1. The van der Waals surface area contributed by atoms with Crippen LogP contribution in [0.2, 0.25) is 0 Å². The molecule has 0 aromatic heterocycles. The highest BCUT2D eigenvalue weighted by Crippen LogP contribution is 2.53. The average molecular weight is 360 g/mol. The van der Waals surface area contributed by atoms with Crippen LogP contribution in [0.5, 0.6) is 11.5 Å². The van der Waals surface area contributed by atoms with Crippen LogP contribution in [0.4, 0.5) is 0 Å². The molecule has 27 heavy (non-hydrogen) atoms. The fraction of sp³-hybridized carbons (Fsp3) is 0.261. The van der Waals surface area contributed by atoms with Crippen molar-refractivity contribution in [1.29, 1.82) is 0 Å². The van der Waals surface area contributed by atoms with E-state index in [2.05, 4.69) is 0 Å². The van der Waals surface area contributed by atoms with Gasteiger partial charge in [-0.15, -0.1) is 0 Å². The van der Waals surface area contributed by atoms with Crippen LogP contribution in [0.15, 0.2) is 60.7 Å². The molecule has 0 radical (unpaired) electrons. The van der Waals surface area contributed by atoms with Gasteiger partial charge in [-0.1, -0.05) is 36.4 Å². The molecule has 3 aromatic carbocycles. The maximum absolute atomic E-state index is 12.8. The number of aliphatic hydroxyl groups is 1. The minimum atomic E-state index is -0.379. The topological polar surface area (TPSA) is 55.8 Å². The molecule has 4 nitrogen and oxygen atoms in total. The highest BCUT2D eigenvalue weighted by atomic mass is 16.5. The second kappa shape index (κ2) is 6.39. The Kier molecular flexibility index (Phi) is 3.87. The summed E-state index contributed by atoms with van der Waals surface area (Å²) in [6.07, 6.45) is 1.92. The number of hydrogen-bond donors (Lipinski definition) is 1. The lowest BCUT2D eigenvalue weighted by molar-refractivity contribution is 0.0732. The summed E-state index contributed by atoms with van der Waals surface area (Å²) in [6, 6.07) is 19.1. The largest absolute Gasteiger partial charge is 0.489 e. The van der Waals surface area contributed by atoms with E-state index in [1.165, 1.54) is 0 Å². The lowest BCUT2D eigenvalue weighted by Gasteiger charge is -2.17. The van der Waals surface area contributed by atoms with Crippen LogP contribution in [0.1, 0.15) is 34.7 Å². The molecule has 0 spiro atoms. The van der Waals surface area contributed by atoms with E-state index < -0.39 is 0 Å². The van der Waals surface area contributed by atoms with Gasteiger partial charge in [-0.05, 0) is 53.8 Å². The summed E-state index contributed by atoms with van der Waals surface area (Å²) in [5, 5.41) is 11.8. The Morgan fingerprint density at radius 1 is 1.04 bits per heavy atom. The van der Waals surface area contributed by atoms with Gasteiger partial charge in [0.1, 0.15) is 17.6 Å². The van der Waals surface area contributed by atoms with Gasteiger partial charge in [0.2, 0.25) is 0 Å². The molecule has 4 heteroatoms. The third-order valence-corrected chi connectivity index (χ3v) is 5.79. The fourth-order valence-corrected chi connectivity index (χ4v) is 4.48. The van der Waals surface area contributed by atoms with Crippen LogP contribution in [0, 0.1) is 5.92 Å². The zero-order chi connectivity index (χ0) is 18.4. The smallest absolute Gasteiger partial charge is 0.343 e. The van der Waals surface area contributed by atoms with Crippen molar-refractivity contribution in [3.8, 4) is 11.5 Å². The van der Waals surface area contributed by atoms with Crippen LogP contribution in [-0.4, -0.2) is 23.8 Å². The van der Waals surface area contributed by atoms with E-state index in [1.807, 2.05) is 54.6 Å². The fourth-order valence-electron chi connectivity index (χ4n) is 4.48. The predicted molar refractivity (Wildman–Crippen MR) is 102 cm³/mol. The van der Waals surface area contributed by atoms with Gasteiger partial charge in [0, 0.05) is 18.1 Å². The van der Waals surface area contributed by atoms with E-state index in [4.69, 9.17) is 9.47 Å². The molecule has 0 saturated heterocycles. The molecule has 1 unspecified atom stereocenters. The number of esters is 1. The number of carbonyl (C=O) groups excluding carboxylic acids is 1. The number of carbonyl (C=O) groups is 1. The van der Waals surface area contributed by atoms with Crippen molar-refractivity contribution in [2.45, 2.75) is 24.9 Å². The van der Waals surface area contributed by atoms with E-state index in [0.717, 1.165) is 34.9 Å². The van der Waals surface area contributed by atoms with Gasteiger partial charge in [-0.2, -0.15) is 0 Å². The number of aliphatic hydroxyl groups excluding tert-OH is 1. The average Bonchev–Trinajstić information content (AvgIpc) is 3.26. The zero-order valence-electron chi connectivity index (χ0n) is 14.8. The molecule has 3 atom stereocenters. The number of benzene rings is 3. The van der Waals surface area contributed by atoms with Crippen LogP contribution >= 0.6 is 0 Å². The molecular formula is C23H20O4. The maximum Gasteiger partial charge on any atom is 0.343 e. The lowest BCUT2D eigenvalue weighted by Crippen LogP contribution is -2.18. The van der Waals surface area contributed by atoms with Crippen molar-refractivity contribution >= 4 is 16.7 Å². The molecule has 1 saturated carbocycles. The molecule has 1 fully saturated rings. The van der Waals surface area contributed by atoms with E-state index in [-0.39, 0.29) is 30.5 Å². The summed E-state index contributed by atoms with van der Waals surface area (Å²) in [6.45, 7) is 0.122. The van der Waals surface area contributed by atoms with Gasteiger partial charge in [0.05, 0.1) is 5.56 Å². The Hall–Kier alpha value is -2.85. The molecule has 136 valence electrons. The first-order chi connectivity index (χ1) is 13.2. The SMILES string of the molecule is O=C(Oc1cccc2c1[C@H]1C(CO)CC[C@H]1O2)c1ccc2ccccc2c1. The highest BCUT2D eigenvalue weighted by molar-refractivity contribution is 5.96. The van der Waals surface area contributed by atoms with Gasteiger partial charge in [-0.25, -0.2) is 4.79 Å².